The smallest absolute Gasteiger partial charge is 0.309 e. The van der Waals surface area contributed by atoms with Gasteiger partial charge in [0.05, 0.1) is 11.5 Å². The number of carboxylic acids is 1. The Labute approximate surface area is 94.3 Å². The summed E-state index contributed by atoms with van der Waals surface area (Å²) in [6.07, 6.45) is 3.41. The largest absolute Gasteiger partial charge is 0.481 e. The molecule has 2 rings (SSSR count). The third kappa shape index (κ3) is 2.02. The van der Waals surface area contributed by atoms with E-state index < -0.39 is 11.4 Å². The van der Waals surface area contributed by atoms with Gasteiger partial charge in [0.15, 0.2) is 0 Å². The molecule has 4 heteroatoms. The lowest BCUT2D eigenvalue weighted by Crippen LogP contribution is -2.43. The fraction of sp³-hybridized carbons (Fsp3) is 0.909. The lowest BCUT2D eigenvalue weighted by Gasteiger charge is -2.39. The Bertz CT molecular complexity index is 240. The number of aliphatic hydroxyl groups excluding tert-OH is 1. The van der Waals surface area contributed by atoms with E-state index in [4.69, 9.17) is 0 Å². The minimum Gasteiger partial charge on any atom is -0.481 e. The van der Waals surface area contributed by atoms with Gasteiger partial charge in [-0.25, -0.2) is 0 Å². The third-order valence-corrected chi connectivity index (χ3v) is 5.15. The van der Waals surface area contributed by atoms with Gasteiger partial charge < -0.3 is 10.2 Å². The molecular weight excluding hydrogens is 212 g/mol. The van der Waals surface area contributed by atoms with Gasteiger partial charge in [-0.2, -0.15) is 11.8 Å². The van der Waals surface area contributed by atoms with E-state index in [9.17, 15) is 15.0 Å². The Hall–Kier alpha value is -0.220. The average molecular weight is 230 g/mol. The highest BCUT2D eigenvalue weighted by atomic mass is 32.2. The Morgan fingerprint density at radius 3 is 2.40 bits per heavy atom. The highest BCUT2D eigenvalue weighted by molar-refractivity contribution is 7.99. The summed E-state index contributed by atoms with van der Waals surface area (Å²) in [5.41, 5.74) is -0.525. The normalized spacial score (nSPS) is 41.7. The van der Waals surface area contributed by atoms with Crippen molar-refractivity contribution in [3.05, 3.63) is 0 Å². The molecule has 1 saturated carbocycles. The van der Waals surface area contributed by atoms with Gasteiger partial charge in [0, 0.05) is 0 Å². The van der Waals surface area contributed by atoms with E-state index in [-0.39, 0.29) is 6.10 Å². The van der Waals surface area contributed by atoms with Crippen LogP contribution in [0.3, 0.4) is 0 Å². The lowest BCUT2D eigenvalue weighted by molar-refractivity contribution is -0.156. The maximum atomic E-state index is 11.5. The van der Waals surface area contributed by atoms with Crippen LogP contribution in [0, 0.1) is 11.3 Å². The van der Waals surface area contributed by atoms with Crippen LogP contribution >= 0.6 is 11.8 Å². The molecule has 1 heterocycles. The molecule has 1 aliphatic heterocycles. The summed E-state index contributed by atoms with van der Waals surface area (Å²) in [6.45, 7) is 0. The van der Waals surface area contributed by atoms with Gasteiger partial charge in [-0.05, 0) is 49.5 Å². The van der Waals surface area contributed by atoms with Crippen molar-refractivity contribution in [1.82, 2.24) is 0 Å². The third-order valence-electron chi connectivity index (χ3n) is 3.98. The summed E-state index contributed by atoms with van der Waals surface area (Å²) in [5, 5.41) is 18.9. The number of carbonyl (C=O) groups is 1. The summed E-state index contributed by atoms with van der Waals surface area (Å²) in [6, 6.07) is 0. The molecule has 1 saturated heterocycles. The molecule has 0 aromatic rings. The molecule has 0 aromatic carbocycles. The number of rotatable bonds is 2. The summed E-state index contributed by atoms with van der Waals surface area (Å²) in [5.74, 6) is 1.78. The van der Waals surface area contributed by atoms with Crippen LogP contribution < -0.4 is 0 Å². The zero-order valence-corrected chi connectivity index (χ0v) is 9.63. The fourth-order valence-electron chi connectivity index (χ4n) is 2.88. The van der Waals surface area contributed by atoms with Crippen molar-refractivity contribution in [2.45, 2.75) is 38.2 Å². The van der Waals surface area contributed by atoms with Crippen LogP contribution in [0.1, 0.15) is 32.1 Å². The van der Waals surface area contributed by atoms with Gasteiger partial charge in [0.2, 0.25) is 0 Å². The lowest BCUT2D eigenvalue weighted by atomic mass is 9.65. The highest BCUT2D eigenvalue weighted by Gasteiger charge is 2.48. The molecule has 0 aromatic heterocycles. The summed E-state index contributed by atoms with van der Waals surface area (Å²) in [4.78, 5) is 11.5. The predicted molar refractivity (Wildman–Crippen MR) is 60.0 cm³/mol. The number of hydrogen-bond donors (Lipinski definition) is 2. The highest BCUT2D eigenvalue weighted by Crippen LogP contribution is 2.48. The second-order valence-corrected chi connectivity index (χ2v) is 5.90. The first kappa shape index (κ1) is 11.3. The van der Waals surface area contributed by atoms with E-state index in [1.807, 2.05) is 11.8 Å². The van der Waals surface area contributed by atoms with Crippen molar-refractivity contribution >= 4 is 17.7 Å². The first-order valence-corrected chi connectivity index (χ1v) is 6.80. The molecule has 15 heavy (non-hydrogen) atoms. The van der Waals surface area contributed by atoms with E-state index >= 15 is 0 Å². The molecule has 1 aliphatic carbocycles. The Morgan fingerprint density at radius 2 is 1.93 bits per heavy atom. The molecule has 86 valence electrons. The Balaban J connectivity index is 2.13. The van der Waals surface area contributed by atoms with Gasteiger partial charge >= 0.3 is 5.97 Å². The Morgan fingerprint density at radius 1 is 1.27 bits per heavy atom. The fourth-order valence-corrected chi connectivity index (χ4v) is 4.27. The van der Waals surface area contributed by atoms with Crippen molar-refractivity contribution in [1.29, 1.82) is 0 Å². The number of carboxylic acid groups (broad SMARTS) is 1. The van der Waals surface area contributed by atoms with E-state index in [0.29, 0.717) is 31.6 Å². The van der Waals surface area contributed by atoms with Crippen LogP contribution in [0.4, 0.5) is 0 Å². The molecule has 0 spiro atoms. The monoisotopic (exact) mass is 230 g/mol. The number of hydrogen-bond acceptors (Lipinski definition) is 3. The molecule has 2 N–H and O–H groups in total. The van der Waals surface area contributed by atoms with Gasteiger partial charge in [0.25, 0.3) is 0 Å². The van der Waals surface area contributed by atoms with E-state index in [1.165, 1.54) is 0 Å². The maximum absolute atomic E-state index is 11.5. The van der Waals surface area contributed by atoms with Crippen molar-refractivity contribution in [3.63, 3.8) is 0 Å². The van der Waals surface area contributed by atoms with E-state index in [2.05, 4.69) is 0 Å². The van der Waals surface area contributed by atoms with Crippen LogP contribution in [0.5, 0.6) is 0 Å². The van der Waals surface area contributed by atoms with Crippen LogP contribution in [0.2, 0.25) is 0 Å². The van der Waals surface area contributed by atoms with Crippen LogP contribution in [0.25, 0.3) is 0 Å². The minimum atomic E-state index is -0.637. The van der Waals surface area contributed by atoms with Crippen molar-refractivity contribution < 1.29 is 15.0 Å². The first-order chi connectivity index (χ1) is 7.15. The topological polar surface area (TPSA) is 57.5 Å². The molecule has 2 fully saturated rings. The first-order valence-electron chi connectivity index (χ1n) is 5.64. The molecule has 1 atom stereocenters. The zero-order chi connectivity index (χ0) is 10.9. The molecule has 2 aliphatic rings. The van der Waals surface area contributed by atoms with Gasteiger partial charge in [-0.15, -0.1) is 0 Å². The number of aliphatic carboxylic acids is 1. The molecule has 0 amide bonds. The molecule has 1 unspecified atom stereocenters. The quantitative estimate of drug-likeness (QED) is 0.758. The maximum Gasteiger partial charge on any atom is 0.309 e. The van der Waals surface area contributed by atoms with Crippen LogP contribution in [0.15, 0.2) is 0 Å². The standard InChI is InChI=1S/C11H18O3S/c12-9-1-4-11(5-2-9,10(13)14)8-3-6-15-7-8/h8-9,12H,1-7H2,(H,13,14). The summed E-state index contributed by atoms with van der Waals surface area (Å²) in [7, 11) is 0. The molecule has 0 radical (unpaired) electrons. The van der Waals surface area contributed by atoms with Gasteiger partial charge in [-0.1, -0.05) is 0 Å². The summed E-state index contributed by atoms with van der Waals surface area (Å²) < 4.78 is 0. The van der Waals surface area contributed by atoms with Gasteiger partial charge in [0.1, 0.15) is 0 Å². The van der Waals surface area contributed by atoms with E-state index in [1.54, 1.807) is 0 Å². The average Bonchev–Trinajstić information content (AvgIpc) is 2.72. The predicted octanol–water partition coefficient (Wildman–Crippen LogP) is 1.75. The second kappa shape index (κ2) is 4.34. The minimum absolute atomic E-state index is 0.272. The second-order valence-electron chi connectivity index (χ2n) is 4.75. The van der Waals surface area contributed by atoms with Crippen LogP contribution in [-0.2, 0) is 4.79 Å². The summed E-state index contributed by atoms with van der Waals surface area (Å²) >= 11 is 1.87. The SMILES string of the molecule is O=C(O)C1(C2CCSC2)CCC(O)CC1. The van der Waals surface area contributed by atoms with E-state index in [0.717, 1.165) is 17.9 Å². The number of thioether (sulfide) groups is 1. The van der Waals surface area contributed by atoms with Crippen molar-refractivity contribution in [3.8, 4) is 0 Å². The van der Waals surface area contributed by atoms with Crippen LogP contribution in [-0.4, -0.2) is 33.8 Å². The van der Waals surface area contributed by atoms with Crippen molar-refractivity contribution in [2.75, 3.05) is 11.5 Å². The van der Waals surface area contributed by atoms with Crippen molar-refractivity contribution in [2.24, 2.45) is 11.3 Å². The molecule has 0 bridgehead atoms. The zero-order valence-electron chi connectivity index (χ0n) is 8.82. The van der Waals surface area contributed by atoms with Gasteiger partial charge in [-0.3, -0.25) is 4.79 Å². The molecule has 3 nitrogen and oxygen atoms in total. The molecular formula is C11H18O3S. The number of aliphatic hydroxyl groups is 1. The Kier molecular flexibility index (Phi) is 3.26.